The molecule has 0 atom stereocenters. The molecular formula is C15H15N5O3S. The van der Waals surface area contributed by atoms with Crippen molar-refractivity contribution in [3.05, 3.63) is 45.9 Å². The van der Waals surface area contributed by atoms with E-state index >= 15 is 0 Å². The first kappa shape index (κ1) is 16.1. The lowest BCUT2D eigenvalue weighted by Crippen LogP contribution is -2.47. The zero-order chi connectivity index (χ0) is 17.3. The van der Waals surface area contributed by atoms with Gasteiger partial charge >= 0.3 is 0 Å². The van der Waals surface area contributed by atoms with E-state index in [1.54, 1.807) is 39.0 Å². The molecule has 0 fully saturated rings. The van der Waals surface area contributed by atoms with Crippen molar-refractivity contribution < 1.29 is 9.21 Å². The van der Waals surface area contributed by atoms with Gasteiger partial charge in [0, 0.05) is 6.07 Å². The Kier molecular flexibility index (Phi) is 4.02. The van der Waals surface area contributed by atoms with Gasteiger partial charge in [0.25, 0.3) is 11.5 Å². The van der Waals surface area contributed by atoms with Crippen LogP contribution in [-0.4, -0.2) is 25.9 Å². The van der Waals surface area contributed by atoms with Gasteiger partial charge in [0.15, 0.2) is 5.76 Å². The van der Waals surface area contributed by atoms with Crippen LogP contribution >= 0.6 is 11.3 Å². The molecule has 0 saturated heterocycles. The summed E-state index contributed by atoms with van der Waals surface area (Å²) in [6.07, 6.45) is 1.52. The number of nitrogens with one attached hydrogen (secondary N) is 1. The summed E-state index contributed by atoms with van der Waals surface area (Å²) < 4.78 is 6.42. The Balaban J connectivity index is 1.95. The monoisotopic (exact) mass is 345 g/mol. The van der Waals surface area contributed by atoms with Crippen molar-refractivity contribution in [2.24, 2.45) is 0 Å². The minimum absolute atomic E-state index is 0.376. The van der Waals surface area contributed by atoms with Crippen LogP contribution in [0, 0.1) is 6.92 Å². The van der Waals surface area contributed by atoms with Crippen LogP contribution in [0.3, 0.4) is 0 Å². The van der Waals surface area contributed by atoms with Gasteiger partial charge in [0.05, 0.1) is 6.26 Å². The average molecular weight is 345 g/mol. The molecule has 0 radical (unpaired) electrons. The van der Waals surface area contributed by atoms with Crippen LogP contribution in [0.4, 0.5) is 5.13 Å². The third-order valence-corrected chi connectivity index (χ3v) is 4.16. The largest absolute Gasteiger partial charge is 0.463 e. The molecular weight excluding hydrogens is 330 g/mol. The molecule has 8 nitrogen and oxygen atoms in total. The highest BCUT2D eigenvalue weighted by atomic mass is 32.1. The van der Waals surface area contributed by atoms with Crippen molar-refractivity contribution in [2.45, 2.75) is 26.3 Å². The van der Waals surface area contributed by atoms with Crippen LogP contribution in [-0.2, 0) is 10.3 Å². The van der Waals surface area contributed by atoms with Crippen LogP contribution in [0.2, 0.25) is 0 Å². The predicted octanol–water partition coefficient (Wildman–Crippen LogP) is 2.04. The molecule has 124 valence electrons. The van der Waals surface area contributed by atoms with Gasteiger partial charge in [0.2, 0.25) is 5.13 Å². The molecule has 9 heteroatoms. The normalized spacial score (nSPS) is 11.5. The average Bonchev–Trinajstić information content (AvgIpc) is 3.19. The summed E-state index contributed by atoms with van der Waals surface area (Å²) >= 11 is 1.26. The summed E-state index contributed by atoms with van der Waals surface area (Å²) in [6, 6.07) is 6.37. The fourth-order valence-corrected chi connectivity index (χ4v) is 2.65. The van der Waals surface area contributed by atoms with E-state index in [2.05, 4.69) is 20.6 Å². The number of amides is 1. The first-order chi connectivity index (χ1) is 11.4. The highest BCUT2D eigenvalue weighted by Crippen LogP contribution is 2.21. The molecule has 3 rings (SSSR count). The van der Waals surface area contributed by atoms with Gasteiger partial charge in [-0.2, -0.15) is 5.10 Å². The number of furan rings is 1. The second kappa shape index (κ2) is 6.00. The molecule has 0 aliphatic rings. The molecule has 3 heterocycles. The highest BCUT2D eigenvalue weighted by Gasteiger charge is 2.33. The van der Waals surface area contributed by atoms with E-state index in [0.29, 0.717) is 16.6 Å². The van der Waals surface area contributed by atoms with Crippen molar-refractivity contribution in [1.82, 2.24) is 20.0 Å². The molecule has 0 aliphatic carbocycles. The fraction of sp³-hybridized carbons (Fsp3) is 0.267. The number of hydrogen-bond acceptors (Lipinski definition) is 7. The quantitative estimate of drug-likeness (QED) is 0.776. The number of carbonyl (C=O) groups is 1. The zero-order valence-corrected chi connectivity index (χ0v) is 14.1. The summed E-state index contributed by atoms with van der Waals surface area (Å²) in [4.78, 5) is 24.8. The topological polar surface area (TPSA) is 103 Å². The molecule has 1 amide bonds. The maximum Gasteiger partial charge on any atom is 0.267 e. The van der Waals surface area contributed by atoms with Gasteiger partial charge < -0.3 is 4.42 Å². The Morgan fingerprint density at radius 1 is 1.29 bits per heavy atom. The number of aryl methyl sites for hydroxylation is 1. The second-order valence-electron chi connectivity index (χ2n) is 5.59. The number of nitrogens with zero attached hydrogens (tertiary/aromatic N) is 4. The number of carbonyl (C=O) groups excluding carboxylic acids is 1. The van der Waals surface area contributed by atoms with Crippen molar-refractivity contribution in [2.75, 3.05) is 5.32 Å². The van der Waals surface area contributed by atoms with Gasteiger partial charge in [-0.25, -0.2) is 4.68 Å². The summed E-state index contributed by atoms with van der Waals surface area (Å²) in [6.45, 7) is 5.00. The van der Waals surface area contributed by atoms with Gasteiger partial charge in [-0.05, 0) is 39.0 Å². The van der Waals surface area contributed by atoms with Crippen LogP contribution in [0.1, 0.15) is 18.9 Å². The molecule has 0 bridgehead atoms. The number of aromatic nitrogens is 4. The molecule has 0 spiro atoms. The summed E-state index contributed by atoms with van der Waals surface area (Å²) in [5.74, 6) is 0.101. The Morgan fingerprint density at radius 2 is 2.08 bits per heavy atom. The standard InChI is InChI=1S/C15H15N5O3S/c1-9-17-18-14(24-9)16-13(22)15(2,3)20-12(21)7-6-10(19-20)11-5-4-8-23-11/h4-8H,1-3H3,(H,16,18,22). The molecule has 3 aromatic heterocycles. The van der Waals surface area contributed by atoms with Gasteiger partial charge in [-0.1, -0.05) is 11.3 Å². The van der Waals surface area contributed by atoms with E-state index in [1.165, 1.54) is 23.7 Å². The van der Waals surface area contributed by atoms with Crippen LogP contribution in [0.5, 0.6) is 0 Å². The maximum atomic E-state index is 12.6. The van der Waals surface area contributed by atoms with Crippen LogP contribution in [0.15, 0.2) is 39.7 Å². The second-order valence-corrected chi connectivity index (χ2v) is 6.77. The molecule has 1 N–H and O–H groups in total. The van der Waals surface area contributed by atoms with E-state index in [9.17, 15) is 9.59 Å². The SMILES string of the molecule is Cc1nnc(NC(=O)C(C)(C)n2nc(-c3ccco3)ccc2=O)s1. The Bertz CT molecular complexity index is 927. The first-order valence-corrected chi connectivity index (χ1v) is 7.96. The van der Waals surface area contributed by atoms with Crippen molar-refractivity contribution in [1.29, 1.82) is 0 Å². The summed E-state index contributed by atoms with van der Waals surface area (Å²) in [5.41, 5.74) is -1.15. The van der Waals surface area contributed by atoms with Gasteiger partial charge in [-0.15, -0.1) is 10.2 Å². The van der Waals surface area contributed by atoms with Crippen LogP contribution in [0.25, 0.3) is 11.5 Å². The number of anilines is 1. The van der Waals surface area contributed by atoms with E-state index in [1.807, 2.05) is 0 Å². The molecule has 0 saturated carbocycles. The summed E-state index contributed by atoms with van der Waals surface area (Å²) in [7, 11) is 0. The Morgan fingerprint density at radius 3 is 2.71 bits per heavy atom. The predicted molar refractivity (Wildman–Crippen MR) is 88.8 cm³/mol. The lowest BCUT2D eigenvalue weighted by molar-refractivity contribution is -0.123. The fourth-order valence-electron chi connectivity index (χ4n) is 2.06. The van der Waals surface area contributed by atoms with E-state index < -0.39 is 11.4 Å². The highest BCUT2D eigenvalue weighted by molar-refractivity contribution is 7.15. The van der Waals surface area contributed by atoms with Gasteiger partial charge in [0.1, 0.15) is 16.2 Å². The van der Waals surface area contributed by atoms with Crippen LogP contribution < -0.4 is 10.9 Å². The molecule has 0 aliphatic heterocycles. The molecule has 3 aromatic rings. The first-order valence-electron chi connectivity index (χ1n) is 7.14. The minimum atomic E-state index is -1.22. The van der Waals surface area contributed by atoms with Crippen molar-refractivity contribution >= 4 is 22.4 Å². The lowest BCUT2D eigenvalue weighted by atomic mass is 10.1. The Hall–Kier alpha value is -2.81. The number of rotatable bonds is 4. The summed E-state index contributed by atoms with van der Waals surface area (Å²) in [5, 5.41) is 15.8. The van der Waals surface area contributed by atoms with Crippen molar-refractivity contribution in [3.63, 3.8) is 0 Å². The smallest absolute Gasteiger partial charge is 0.267 e. The molecule has 24 heavy (non-hydrogen) atoms. The molecule has 0 aromatic carbocycles. The Labute approximate surface area is 141 Å². The molecule has 0 unspecified atom stereocenters. The number of hydrogen-bond donors (Lipinski definition) is 1. The minimum Gasteiger partial charge on any atom is -0.463 e. The van der Waals surface area contributed by atoms with E-state index in [0.717, 1.165) is 9.69 Å². The van der Waals surface area contributed by atoms with Gasteiger partial charge in [-0.3, -0.25) is 14.9 Å². The zero-order valence-electron chi connectivity index (χ0n) is 13.3. The van der Waals surface area contributed by atoms with E-state index in [4.69, 9.17) is 4.42 Å². The lowest BCUT2D eigenvalue weighted by Gasteiger charge is -2.24. The van der Waals surface area contributed by atoms with E-state index in [-0.39, 0.29) is 5.56 Å². The maximum absolute atomic E-state index is 12.6. The third kappa shape index (κ3) is 2.98. The third-order valence-electron chi connectivity index (χ3n) is 3.41. The van der Waals surface area contributed by atoms with Crippen molar-refractivity contribution in [3.8, 4) is 11.5 Å².